The third kappa shape index (κ3) is 2.21. The van der Waals surface area contributed by atoms with Gasteiger partial charge in [-0.2, -0.15) is 10.4 Å². The Hall–Kier alpha value is -3.27. The molecular formula is C21H19N5O2. The molecule has 7 nitrogen and oxygen atoms in total. The molecule has 3 aliphatic rings. The first-order valence-electron chi connectivity index (χ1n) is 9.50. The number of hydrogen-bond donors (Lipinski definition) is 0. The quantitative estimate of drug-likeness (QED) is 0.823. The Balaban J connectivity index is 1.57. The summed E-state index contributed by atoms with van der Waals surface area (Å²) in [5.41, 5.74) is 4.61. The van der Waals surface area contributed by atoms with Crippen molar-refractivity contribution >= 4 is 17.3 Å². The van der Waals surface area contributed by atoms with Gasteiger partial charge in [0.1, 0.15) is 11.7 Å². The molecule has 1 aliphatic heterocycles. The summed E-state index contributed by atoms with van der Waals surface area (Å²) >= 11 is 0. The molecule has 140 valence electrons. The molecule has 2 aromatic heterocycles. The van der Waals surface area contributed by atoms with Crippen molar-refractivity contribution in [3.63, 3.8) is 0 Å². The van der Waals surface area contributed by atoms with Crippen LogP contribution in [0.2, 0.25) is 0 Å². The summed E-state index contributed by atoms with van der Waals surface area (Å²) in [6.45, 7) is 4.86. The average Bonchev–Trinajstić information content (AvgIpc) is 3.24. The SMILES string of the molecule is CC(C)C(C(=O)N1CC(C#N)C1)n1cc2c(n1)C(=O)C1=CCc3nccc-2c31. The van der Waals surface area contributed by atoms with Gasteiger partial charge in [-0.05, 0) is 17.5 Å². The number of nitriles is 1. The third-order valence-corrected chi connectivity index (χ3v) is 5.83. The number of likely N-dealkylation sites (tertiary alicyclic amines) is 1. The number of hydrogen-bond acceptors (Lipinski definition) is 5. The minimum absolute atomic E-state index is 0.000445. The number of pyridine rings is 1. The number of fused-ring (bicyclic) bond motifs is 2. The molecule has 0 bridgehead atoms. The Morgan fingerprint density at radius 2 is 2.11 bits per heavy atom. The maximum absolute atomic E-state index is 13.0. The molecule has 2 aromatic rings. The number of carbonyl (C=O) groups excluding carboxylic acids is 2. The lowest BCUT2D eigenvalue weighted by Crippen LogP contribution is -2.52. The smallest absolute Gasteiger partial charge is 0.247 e. The Bertz CT molecular complexity index is 1100. The van der Waals surface area contributed by atoms with Gasteiger partial charge in [-0.25, -0.2) is 0 Å². The van der Waals surface area contributed by atoms with E-state index in [1.165, 1.54) is 0 Å². The molecular weight excluding hydrogens is 354 g/mol. The second kappa shape index (κ2) is 5.86. The molecule has 3 heterocycles. The number of rotatable bonds is 3. The highest BCUT2D eigenvalue weighted by Gasteiger charge is 2.39. The van der Waals surface area contributed by atoms with Gasteiger partial charge in [-0.3, -0.25) is 19.3 Å². The van der Waals surface area contributed by atoms with Crippen LogP contribution >= 0.6 is 0 Å². The van der Waals surface area contributed by atoms with Crippen LogP contribution in [-0.4, -0.2) is 44.4 Å². The van der Waals surface area contributed by atoms with Crippen molar-refractivity contribution in [1.29, 1.82) is 5.26 Å². The number of amides is 1. The van der Waals surface area contributed by atoms with Crippen LogP contribution < -0.4 is 0 Å². The summed E-state index contributed by atoms with van der Waals surface area (Å²) in [7, 11) is 0. The van der Waals surface area contributed by atoms with Crippen LogP contribution in [0.3, 0.4) is 0 Å². The average molecular weight is 373 g/mol. The minimum atomic E-state index is -0.502. The van der Waals surface area contributed by atoms with Crippen LogP contribution in [-0.2, 0) is 11.2 Å². The van der Waals surface area contributed by atoms with Crippen molar-refractivity contribution in [3.8, 4) is 17.2 Å². The monoisotopic (exact) mass is 373 g/mol. The third-order valence-electron chi connectivity index (χ3n) is 5.83. The zero-order chi connectivity index (χ0) is 19.6. The molecule has 0 aromatic carbocycles. The maximum Gasteiger partial charge on any atom is 0.247 e. The van der Waals surface area contributed by atoms with Crippen LogP contribution in [0.5, 0.6) is 0 Å². The van der Waals surface area contributed by atoms with E-state index in [1.54, 1.807) is 15.8 Å². The van der Waals surface area contributed by atoms with E-state index in [-0.39, 0.29) is 23.5 Å². The first-order valence-corrected chi connectivity index (χ1v) is 9.50. The topological polar surface area (TPSA) is 91.9 Å². The maximum atomic E-state index is 13.0. The van der Waals surface area contributed by atoms with E-state index in [9.17, 15) is 9.59 Å². The molecule has 1 amide bonds. The summed E-state index contributed by atoms with van der Waals surface area (Å²) in [4.78, 5) is 32.1. The van der Waals surface area contributed by atoms with Gasteiger partial charge in [0.2, 0.25) is 11.7 Å². The molecule has 1 saturated heterocycles. The lowest BCUT2D eigenvalue weighted by atomic mass is 9.87. The summed E-state index contributed by atoms with van der Waals surface area (Å²) in [5, 5.41) is 13.6. The van der Waals surface area contributed by atoms with Crippen molar-refractivity contribution in [3.05, 3.63) is 41.5 Å². The summed E-state index contributed by atoms with van der Waals surface area (Å²) in [6.07, 6.45) is 6.16. The zero-order valence-corrected chi connectivity index (χ0v) is 15.7. The summed E-state index contributed by atoms with van der Waals surface area (Å²) < 4.78 is 1.64. The lowest BCUT2D eigenvalue weighted by Gasteiger charge is -2.38. The van der Waals surface area contributed by atoms with Crippen molar-refractivity contribution in [2.75, 3.05) is 13.1 Å². The minimum Gasteiger partial charge on any atom is -0.338 e. The van der Waals surface area contributed by atoms with E-state index in [4.69, 9.17) is 5.26 Å². The largest absolute Gasteiger partial charge is 0.338 e. The second-order valence-corrected chi connectivity index (χ2v) is 7.96. The van der Waals surface area contributed by atoms with E-state index in [0.717, 1.165) is 22.4 Å². The van der Waals surface area contributed by atoms with E-state index >= 15 is 0 Å². The van der Waals surface area contributed by atoms with E-state index < -0.39 is 6.04 Å². The van der Waals surface area contributed by atoms with Crippen LogP contribution in [0, 0.1) is 23.2 Å². The van der Waals surface area contributed by atoms with E-state index in [1.807, 2.05) is 32.2 Å². The van der Waals surface area contributed by atoms with E-state index in [2.05, 4.69) is 16.2 Å². The van der Waals surface area contributed by atoms with Crippen molar-refractivity contribution in [2.24, 2.45) is 11.8 Å². The normalized spacial score (nSPS) is 18.3. The fourth-order valence-electron chi connectivity index (χ4n) is 4.35. The van der Waals surface area contributed by atoms with Crippen LogP contribution in [0.25, 0.3) is 16.7 Å². The Labute approximate surface area is 162 Å². The number of carbonyl (C=O) groups is 2. The van der Waals surface area contributed by atoms with Gasteiger partial charge < -0.3 is 4.90 Å². The van der Waals surface area contributed by atoms with Gasteiger partial charge in [0.25, 0.3) is 0 Å². The predicted octanol–water partition coefficient (Wildman–Crippen LogP) is 2.26. The fraction of sp³-hybridized carbons (Fsp3) is 0.381. The van der Waals surface area contributed by atoms with Gasteiger partial charge in [0.15, 0.2) is 0 Å². The van der Waals surface area contributed by atoms with E-state index in [0.29, 0.717) is 30.8 Å². The fourth-order valence-corrected chi connectivity index (χ4v) is 4.35. The molecule has 0 radical (unpaired) electrons. The lowest BCUT2D eigenvalue weighted by molar-refractivity contribution is -0.141. The Kier molecular flexibility index (Phi) is 3.53. The molecule has 2 aliphatic carbocycles. The number of Topliss-reactive ketones (excluding diaryl/α,β-unsaturated/α-hetero) is 1. The highest BCUT2D eigenvalue weighted by molar-refractivity contribution is 6.34. The first-order chi connectivity index (χ1) is 13.5. The van der Waals surface area contributed by atoms with Gasteiger partial charge in [-0.1, -0.05) is 19.9 Å². The summed E-state index contributed by atoms with van der Waals surface area (Å²) in [6, 6.07) is 3.60. The van der Waals surface area contributed by atoms with Crippen LogP contribution in [0.4, 0.5) is 0 Å². The molecule has 0 N–H and O–H groups in total. The Morgan fingerprint density at radius 3 is 2.82 bits per heavy atom. The summed E-state index contributed by atoms with van der Waals surface area (Å²) in [5.74, 6) is -0.239. The van der Waals surface area contributed by atoms with Crippen molar-refractivity contribution < 1.29 is 9.59 Å². The number of ketones is 1. The van der Waals surface area contributed by atoms with Crippen LogP contribution in [0.1, 0.15) is 41.6 Å². The molecule has 28 heavy (non-hydrogen) atoms. The molecule has 7 heteroatoms. The number of aromatic nitrogens is 3. The molecule has 0 saturated carbocycles. The van der Waals surface area contributed by atoms with Gasteiger partial charge in [0.05, 0.1) is 17.7 Å². The van der Waals surface area contributed by atoms with Crippen molar-refractivity contribution in [1.82, 2.24) is 19.7 Å². The highest BCUT2D eigenvalue weighted by atomic mass is 16.2. The molecule has 0 spiro atoms. The number of nitrogens with zero attached hydrogens (tertiary/aromatic N) is 5. The Morgan fingerprint density at radius 1 is 1.32 bits per heavy atom. The predicted molar refractivity (Wildman–Crippen MR) is 101 cm³/mol. The second-order valence-electron chi connectivity index (χ2n) is 7.96. The molecule has 5 rings (SSSR count). The van der Waals surface area contributed by atoms with Crippen molar-refractivity contribution in [2.45, 2.75) is 26.3 Å². The van der Waals surface area contributed by atoms with Crippen LogP contribution in [0.15, 0.2) is 24.5 Å². The van der Waals surface area contributed by atoms with Gasteiger partial charge in [-0.15, -0.1) is 0 Å². The standard InChI is InChI=1S/C21H19N5O2/c1-11(2)19(21(28)25-8-12(7-22)9-25)26-10-15-13-5-6-23-16-4-3-14(17(13)16)20(27)18(15)24-26/h3,5-6,10-12,19H,4,8-9H2,1-2H3. The molecule has 1 atom stereocenters. The highest BCUT2D eigenvalue weighted by Crippen LogP contribution is 2.43. The molecule has 1 fully saturated rings. The zero-order valence-electron chi connectivity index (χ0n) is 15.7. The molecule has 1 unspecified atom stereocenters. The van der Waals surface area contributed by atoms with Gasteiger partial charge >= 0.3 is 0 Å². The van der Waals surface area contributed by atoms with Gasteiger partial charge in [0, 0.05) is 48.6 Å². The first kappa shape index (κ1) is 16.9. The number of allylic oxidation sites excluding steroid dienone is 2.